The van der Waals surface area contributed by atoms with Gasteiger partial charge in [-0.15, -0.1) is 0 Å². The van der Waals surface area contributed by atoms with Crippen molar-refractivity contribution in [1.82, 2.24) is 0 Å². The molecule has 0 amide bonds. The lowest BCUT2D eigenvalue weighted by Gasteiger charge is -2.08. The van der Waals surface area contributed by atoms with Crippen LogP contribution < -0.4 is 0 Å². The van der Waals surface area contributed by atoms with Crippen LogP contribution in [0.3, 0.4) is 0 Å². The average molecular weight is 186 g/mol. The van der Waals surface area contributed by atoms with Crippen LogP contribution >= 0.6 is 0 Å². The highest BCUT2D eigenvalue weighted by molar-refractivity contribution is 5.49. The van der Waals surface area contributed by atoms with E-state index >= 15 is 0 Å². The SMILES string of the molecule is C[C@H]1CCC[C@H]1C=Cc1ccccc1. The first kappa shape index (κ1) is 9.51. The number of rotatable bonds is 2. The molecular weight excluding hydrogens is 168 g/mol. The molecule has 1 aliphatic carbocycles. The molecule has 0 unspecified atom stereocenters. The van der Waals surface area contributed by atoms with Crippen molar-refractivity contribution in [2.24, 2.45) is 11.8 Å². The molecular formula is C14H18. The second-order valence-electron chi connectivity index (χ2n) is 4.34. The van der Waals surface area contributed by atoms with Crippen molar-refractivity contribution in [3.05, 3.63) is 42.0 Å². The molecule has 0 N–H and O–H groups in total. The van der Waals surface area contributed by atoms with Gasteiger partial charge in [0.1, 0.15) is 0 Å². The standard InChI is InChI=1S/C14H18/c1-12-6-5-9-14(12)11-10-13-7-3-2-4-8-13/h2-4,7-8,10-12,14H,5-6,9H2,1H3/t12-,14-/m0/s1. The number of allylic oxidation sites excluding steroid dienone is 1. The Morgan fingerprint density at radius 2 is 1.93 bits per heavy atom. The van der Waals surface area contributed by atoms with Crippen LogP contribution in [0.15, 0.2) is 36.4 Å². The summed E-state index contributed by atoms with van der Waals surface area (Å²) in [6.45, 7) is 2.37. The summed E-state index contributed by atoms with van der Waals surface area (Å²) in [6.07, 6.45) is 8.86. The van der Waals surface area contributed by atoms with E-state index in [0.29, 0.717) is 0 Å². The van der Waals surface area contributed by atoms with E-state index in [9.17, 15) is 0 Å². The molecule has 0 bridgehead atoms. The summed E-state index contributed by atoms with van der Waals surface area (Å²) in [5.74, 6) is 1.70. The molecule has 74 valence electrons. The van der Waals surface area contributed by atoms with Gasteiger partial charge in [0.25, 0.3) is 0 Å². The van der Waals surface area contributed by atoms with Crippen molar-refractivity contribution < 1.29 is 0 Å². The Hall–Kier alpha value is -1.04. The van der Waals surface area contributed by atoms with E-state index in [1.165, 1.54) is 24.8 Å². The number of benzene rings is 1. The van der Waals surface area contributed by atoms with Gasteiger partial charge >= 0.3 is 0 Å². The lowest BCUT2D eigenvalue weighted by Crippen LogP contribution is -1.98. The van der Waals surface area contributed by atoms with E-state index in [-0.39, 0.29) is 0 Å². The van der Waals surface area contributed by atoms with Crippen LogP contribution in [0.2, 0.25) is 0 Å². The van der Waals surface area contributed by atoms with Crippen molar-refractivity contribution in [2.75, 3.05) is 0 Å². The monoisotopic (exact) mass is 186 g/mol. The van der Waals surface area contributed by atoms with E-state index in [0.717, 1.165) is 11.8 Å². The Labute approximate surface area is 86.7 Å². The molecule has 1 aromatic carbocycles. The van der Waals surface area contributed by atoms with Gasteiger partial charge in [-0.1, -0.05) is 62.2 Å². The van der Waals surface area contributed by atoms with Gasteiger partial charge < -0.3 is 0 Å². The lowest BCUT2D eigenvalue weighted by molar-refractivity contribution is 0.505. The molecule has 1 aliphatic rings. The van der Waals surface area contributed by atoms with E-state index in [1.54, 1.807) is 0 Å². The molecule has 0 heteroatoms. The Morgan fingerprint density at radius 1 is 1.14 bits per heavy atom. The Bertz CT molecular complexity index is 297. The fraction of sp³-hybridized carbons (Fsp3) is 0.429. The predicted molar refractivity (Wildman–Crippen MR) is 62.0 cm³/mol. The topological polar surface area (TPSA) is 0 Å². The zero-order valence-corrected chi connectivity index (χ0v) is 8.82. The zero-order chi connectivity index (χ0) is 9.80. The third-order valence-corrected chi connectivity index (χ3v) is 3.26. The maximum absolute atomic E-state index is 2.40. The molecule has 0 spiro atoms. The summed E-state index contributed by atoms with van der Waals surface area (Å²) in [6, 6.07) is 10.6. The second-order valence-corrected chi connectivity index (χ2v) is 4.34. The zero-order valence-electron chi connectivity index (χ0n) is 8.82. The molecule has 0 radical (unpaired) electrons. The molecule has 0 saturated heterocycles. The summed E-state index contributed by atoms with van der Waals surface area (Å²) in [5.41, 5.74) is 1.33. The third-order valence-electron chi connectivity index (χ3n) is 3.26. The molecule has 2 rings (SSSR count). The summed E-state index contributed by atoms with van der Waals surface area (Å²) in [4.78, 5) is 0. The van der Waals surface area contributed by atoms with Gasteiger partial charge in [-0.3, -0.25) is 0 Å². The highest BCUT2D eigenvalue weighted by atomic mass is 14.2. The molecule has 0 nitrogen and oxygen atoms in total. The van der Waals surface area contributed by atoms with Crippen LogP contribution in [0.4, 0.5) is 0 Å². The minimum absolute atomic E-state index is 0.815. The molecule has 0 heterocycles. The molecule has 0 aliphatic heterocycles. The molecule has 2 atom stereocenters. The van der Waals surface area contributed by atoms with Crippen molar-refractivity contribution >= 4 is 6.08 Å². The lowest BCUT2D eigenvalue weighted by atomic mass is 9.97. The quantitative estimate of drug-likeness (QED) is 0.651. The van der Waals surface area contributed by atoms with Crippen molar-refractivity contribution in [2.45, 2.75) is 26.2 Å². The average Bonchev–Trinajstić information content (AvgIpc) is 2.63. The first-order chi connectivity index (χ1) is 6.86. The van der Waals surface area contributed by atoms with E-state index < -0.39 is 0 Å². The van der Waals surface area contributed by atoms with Gasteiger partial charge in [0.15, 0.2) is 0 Å². The van der Waals surface area contributed by atoms with Gasteiger partial charge in [-0.25, -0.2) is 0 Å². The van der Waals surface area contributed by atoms with E-state index in [2.05, 4.69) is 49.4 Å². The highest BCUT2D eigenvalue weighted by Crippen LogP contribution is 2.32. The highest BCUT2D eigenvalue weighted by Gasteiger charge is 2.20. The minimum atomic E-state index is 0.815. The van der Waals surface area contributed by atoms with Crippen molar-refractivity contribution in [3.63, 3.8) is 0 Å². The Kier molecular flexibility index (Phi) is 3.03. The summed E-state index contributed by atoms with van der Waals surface area (Å²) >= 11 is 0. The smallest absolute Gasteiger partial charge is 0.0204 e. The number of hydrogen-bond acceptors (Lipinski definition) is 0. The van der Waals surface area contributed by atoms with Gasteiger partial charge in [0.2, 0.25) is 0 Å². The Balaban J connectivity index is 2.00. The van der Waals surface area contributed by atoms with E-state index in [4.69, 9.17) is 0 Å². The van der Waals surface area contributed by atoms with Gasteiger partial charge in [0.05, 0.1) is 0 Å². The third kappa shape index (κ3) is 2.25. The second kappa shape index (κ2) is 4.45. The molecule has 1 saturated carbocycles. The van der Waals surface area contributed by atoms with Crippen LogP contribution in [0.5, 0.6) is 0 Å². The van der Waals surface area contributed by atoms with Gasteiger partial charge in [0, 0.05) is 0 Å². The van der Waals surface area contributed by atoms with Crippen LogP contribution in [-0.2, 0) is 0 Å². The number of hydrogen-bond donors (Lipinski definition) is 0. The van der Waals surface area contributed by atoms with Crippen LogP contribution in [-0.4, -0.2) is 0 Å². The normalized spacial score (nSPS) is 27.2. The fourth-order valence-electron chi connectivity index (χ4n) is 2.26. The molecule has 1 aromatic rings. The fourth-order valence-corrected chi connectivity index (χ4v) is 2.26. The maximum atomic E-state index is 2.40. The summed E-state index contributed by atoms with van der Waals surface area (Å²) < 4.78 is 0. The van der Waals surface area contributed by atoms with Crippen LogP contribution in [0.25, 0.3) is 6.08 Å². The van der Waals surface area contributed by atoms with Crippen molar-refractivity contribution in [3.8, 4) is 0 Å². The molecule has 14 heavy (non-hydrogen) atoms. The summed E-state index contributed by atoms with van der Waals surface area (Å²) in [5, 5.41) is 0. The van der Waals surface area contributed by atoms with Crippen LogP contribution in [0, 0.1) is 11.8 Å². The molecule has 0 aromatic heterocycles. The maximum Gasteiger partial charge on any atom is -0.0204 e. The van der Waals surface area contributed by atoms with E-state index in [1.807, 2.05) is 0 Å². The van der Waals surface area contributed by atoms with Crippen LogP contribution in [0.1, 0.15) is 31.7 Å². The minimum Gasteiger partial charge on any atom is -0.0806 e. The summed E-state index contributed by atoms with van der Waals surface area (Å²) in [7, 11) is 0. The largest absolute Gasteiger partial charge is 0.0806 e. The van der Waals surface area contributed by atoms with Gasteiger partial charge in [-0.05, 0) is 23.8 Å². The predicted octanol–water partition coefficient (Wildman–Crippen LogP) is 4.14. The molecule has 1 fully saturated rings. The Morgan fingerprint density at radius 3 is 2.57 bits per heavy atom. The first-order valence-corrected chi connectivity index (χ1v) is 5.59. The van der Waals surface area contributed by atoms with Gasteiger partial charge in [-0.2, -0.15) is 0 Å². The first-order valence-electron chi connectivity index (χ1n) is 5.59. The van der Waals surface area contributed by atoms with Crippen molar-refractivity contribution in [1.29, 1.82) is 0 Å².